The number of benzene rings is 2. The van der Waals surface area contributed by atoms with Gasteiger partial charge in [0.1, 0.15) is 4.88 Å². The zero-order valence-corrected chi connectivity index (χ0v) is 17.2. The van der Waals surface area contributed by atoms with Crippen LogP contribution in [0.5, 0.6) is 0 Å². The van der Waals surface area contributed by atoms with Crippen LogP contribution in [-0.2, 0) is 16.3 Å². The van der Waals surface area contributed by atoms with Gasteiger partial charge in [-0.2, -0.15) is 0 Å². The van der Waals surface area contributed by atoms with Crippen LogP contribution in [0.15, 0.2) is 63.9 Å². The maximum absolute atomic E-state index is 12.5. The van der Waals surface area contributed by atoms with Crippen molar-refractivity contribution in [2.24, 2.45) is 0 Å². The van der Waals surface area contributed by atoms with Gasteiger partial charge >= 0.3 is 6.01 Å². The molecule has 2 aromatic heterocycles. The number of hydrogen-bond donors (Lipinski definition) is 1. The minimum atomic E-state index is -3.47. The van der Waals surface area contributed by atoms with Gasteiger partial charge < -0.3 is 4.42 Å². The van der Waals surface area contributed by atoms with Crippen molar-refractivity contribution in [2.75, 3.05) is 11.1 Å². The number of fused-ring (bicyclic) bond motifs is 1. The Morgan fingerprint density at radius 2 is 1.79 bits per heavy atom. The van der Waals surface area contributed by atoms with Gasteiger partial charge in [0.15, 0.2) is 9.84 Å². The summed E-state index contributed by atoms with van der Waals surface area (Å²) in [5, 5.41) is 11.2. The Labute approximate surface area is 175 Å². The van der Waals surface area contributed by atoms with E-state index < -0.39 is 15.7 Å². The molecule has 0 unspecified atom stereocenters. The number of aromatic nitrogens is 2. The highest BCUT2D eigenvalue weighted by atomic mass is 35.5. The Kier molecular flexibility index (Phi) is 5.35. The van der Waals surface area contributed by atoms with Crippen molar-refractivity contribution in [3.05, 3.63) is 70.4 Å². The summed E-state index contributed by atoms with van der Waals surface area (Å²) in [6, 6.07) is 15.4. The van der Waals surface area contributed by atoms with Gasteiger partial charge in [-0.15, -0.1) is 16.4 Å². The monoisotopic (exact) mass is 447 g/mol. The Morgan fingerprint density at radius 1 is 1.07 bits per heavy atom. The molecule has 2 heterocycles. The molecule has 10 heteroatoms. The summed E-state index contributed by atoms with van der Waals surface area (Å²) < 4.78 is 30.9. The van der Waals surface area contributed by atoms with E-state index in [9.17, 15) is 13.2 Å². The van der Waals surface area contributed by atoms with Crippen LogP contribution in [0.1, 0.15) is 15.6 Å². The summed E-state index contributed by atoms with van der Waals surface area (Å²) in [5.74, 6) is -0.542. The van der Waals surface area contributed by atoms with Crippen molar-refractivity contribution < 1.29 is 17.6 Å². The summed E-state index contributed by atoms with van der Waals surface area (Å²) in [4.78, 5) is 13.1. The van der Waals surface area contributed by atoms with E-state index in [1.165, 1.54) is 23.5 Å². The zero-order valence-electron chi connectivity index (χ0n) is 14.8. The molecule has 0 fully saturated rings. The largest absolute Gasteiger partial charge is 0.408 e. The number of carbonyl (C=O) groups excluding carboxylic acids is 1. The first-order chi connectivity index (χ1) is 13.9. The van der Waals surface area contributed by atoms with Crippen molar-refractivity contribution in [1.29, 1.82) is 0 Å². The third-order valence-corrected chi connectivity index (χ3v) is 7.52. The quantitative estimate of drug-likeness (QED) is 0.475. The molecule has 0 bridgehead atoms. The molecule has 0 saturated heterocycles. The number of amides is 1. The van der Waals surface area contributed by atoms with E-state index in [1.54, 1.807) is 18.2 Å². The van der Waals surface area contributed by atoms with E-state index in [-0.39, 0.29) is 29.0 Å². The van der Waals surface area contributed by atoms with Crippen LogP contribution in [0.2, 0.25) is 5.02 Å². The maximum atomic E-state index is 12.5. The minimum absolute atomic E-state index is 0.0315. The zero-order chi connectivity index (χ0) is 20.4. The van der Waals surface area contributed by atoms with Gasteiger partial charge in [0.05, 0.1) is 15.7 Å². The summed E-state index contributed by atoms with van der Waals surface area (Å²) in [5.41, 5.74) is 0. The number of nitrogens with one attached hydrogen (secondary N) is 1. The van der Waals surface area contributed by atoms with Crippen molar-refractivity contribution >= 4 is 54.8 Å². The fourth-order valence-corrected chi connectivity index (χ4v) is 5.35. The van der Waals surface area contributed by atoms with Crippen LogP contribution in [0.4, 0.5) is 6.01 Å². The van der Waals surface area contributed by atoms with Gasteiger partial charge in [-0.1, -0.05) is 53.1 Å². The maximum Gasteiger partial charge on any atom is 0.322 e. The van der Waals surface area contributed by atoms with E-state index in [0.29, 0.717) is 9.90 Å². The number of anilines is 1. The van der Waals surface area contributed by atoms with Gasteiger partial charge in [-0.3, -0.25) is 10.1 Å². The molecular formula is C19H14ClN3O4S2. The lowest BCUT2D eigenvalue weighted by atomic mass is 10.2. The first-order valence-electron chi connectivity index (χ1n) is 8.52. The third kappa shape index (κ3) is 4.16. The predicted octanol–water partition coefficient (Wildman–Crippen LogP) is 4.21. The first-order valence-corrected chi connectivity index (χ1v) is 11.4. The van der Waals surface area contributed by atoms with Crippen LogP contribution in [0.25, 0.3) is 10.1 Å². The molecule has 1 amide bonds. The highest BCUT2D eigenvalue weighted by Crippen LogP contribution is 2.35. The van der Waals surface area contributed by atoms with Crippen LogP contribution in [-0.4, -0.2) is 30.3 Å². The number of nitrogens with zero attached hydrogens (tertiary/aromatic N) is 2. The highest BCUT2D eigenvalue weighted by Gasteiger charge is 2.20. The number of thiophene rings is 1. The smallest absolute Gasteiger partial charge is 0.322 e. The lowest BCUT2D eigenvalue weighted by Crippen LogP contribution is -2.11. The molecule has 0 atom stereocenters. The summed E-state index contributed by atoms with van der Waals surface area (Å²) >= 11 is 7.55. The van der Waals surface area contributed by atoms with Crippen LogP contribution >= 0.6 is 22.9 Å². The average Bonchev–Trinajstić information content (AvgIpc) is 3.32. The van der Waals surface area contributed by atoms with E-state index in [4.69, 9.17) is 16.0 Å². The molecule has 0 radical (unpaired) electrons. The normalized spacial score (nSPS) is 11.6. The van der Waals surface area contributed by atoms with E-state index >= 15 is 0 Å². The summed E-state index contributed by atoms with van der Waals surface area (Å²) in [6.07, 6.45) is 0.0315. The van der Waals surface area contributed by atoms with Gasteiger partial charge in [0.2, 0.25) is 5.89 Å². The Hall–Kier alpha value is -2.75. The molecule has 0 aliphatic heterocycles. The van der Waals surface area contributed by atoms with Crippen LogP contribution in [0, 0.1) is 0 Å². The molecule has 4 rings (SSSR count). The number of aryl methyl sites for hydroxylation is 1. The molecule has 0 aliphatic rings. The molecule has 0 saturated carbocycles. The molecule has 1 N–H and O–H groups in total. The minimum Gasteiger partial charge on any atom is -0.408 e. The molecule has 29 heavy (non-hydrogen) atoms. The van der Waals surface area contributed by atoms with E-state index in [2.05, 4.69) is 15.5 Å². The van der Waals surface area contributed by atoms with E-state index in [1.807, 2.05) is 24.3 Å². The highest BCUT2D eigenvalue weighted by molar-refractivity contribution is 7.91. The third-order valence-electron chi connectivity index (χ3n) is 4.12. The SMILES string of the molecule is O=C(Nc1nnc(CCS(=O)(=O)c2ccccc2)o1)c1sc2ccccc2c1Cl. The Morgan fingerprint density at radius 3 is 2.55 bits per heavy atom. The Balaban J connectivity index is 1.44. The second-order valence-electron chi connectivity index (χ2n) is 6.08. The molecule has 2 aromatic carbocycles. The lowest BCUT2D eigenvalue weighted by molar-refractivity contribution is 0.102. The number of hydrogen-bond acceptors (Lipinski definition) is 7. The molecule has 0 aliphatic carbocycles. The fourth-order valence-electron chi connectivity index (χ4n) is 2.69. The van der Waals surface area contributed by atoms with Crippen molar-refractivity contribution in [2.45, 2.75) is 11.3 Å². The van der Waals surface area contributed by atoms with E-state index in [0.717, 1.165) is 10.1 Å². The summed E-state index contributed by atoms with van der Waals surface area (Å²) in [6.45, 7) is 0. The Bertz CT molecular complexity index is 1280. The topological polar surface area (TPSA) is 102 Å². The lowest BCUT2D eigenvalue weighted by Gasteiger charge is -2.02. The number of halogens is 1. The fraction of sp³-hybridized carbons (Fsp3) is 0.105. The molecule has 0 spiro atoms. The molecule has 4 aromatic rings. The van der Waals surface area contributed by atoms with Gasteiger partial charge in [-0.05, 0) is 18.2 Å². The van der Waals surface area contributed by atoms with Crippen molar-refractivity contribution in [3.8, 4) is 0 Å². The van der Waals surface area contributed by atoms with Crippen molar-refractivity contribution in [1.82, 2.24) is 10.2 Å². The second kappa shape index (κ2) is 7.94. The summed E-state index contributed by atoms with van der Waals surface area (Å²) in [7, 11) is -3.47. The standard InChI is InChI=1S/C19H14ClN3O4S2/c20-16-13-8-4-5-9-14(13)28-17(16)18(24)21-19-23-22-15(27-19)10-11-29(25,26)12-6-2-1-3-7-12/h1-9H,10-11H2,(H,21,23,24). The molecular weight excluding hydrogens is 434 g/mol. The van der Waals surface area contributed by atoms with Gasteiger partial charge in [-0.25, -0.2) is 8.42 Å². The average molecular weight is 448 g/mol. The molecule has 7 nitrogen and oxygen atoms in total. The van der Waals surface area contributed by atoms with Crippen LogP contribution < -0.4 is 5.32 Å². The molecule has 148 valence electrons. The number of sulfone groups is 1. The van der Waals surface area contributed by atoms with Crippen LogP contribution in [0.3, 0.4) is 0 Å². The number of carbonyl (C=O) groups is 1. The van der Waals surface area contributed by atoms with Crippen molar-refractivity contribution in [3.63, 3.8) is 0 Å². The van der Waals surface area contributed by atoms with Gasteiger partial charge in [0.25, 0.3) is 5.91 Å². The number of rotatable bonds is 6. The predicted molar refractivity (Wildman–Crippen MR) is 111 cm³/mol. The first kappa shape index (κ1) is 19.6. The second-order valence-corrected chi connectivity index (χ2v) is 9.62. The van der Waals surface area contributed by atoms with Gasteiger partial charge in [0, 0.05) is 16.5 Å².